The SMILES string of the molecule is CCOC(=O)c1cc2c(=O)n3ccccc3nc2n(Cc2ccccc2)c1=NC(=O)c1cccc2ccccc12. The number of rotatable bonds is 5. The summed E-state index contributed by atoms with van der Waals surface area (Å²) in [6.07, 6.45) is 1.62. The minimum Gasteiger partial charge on any atom is -0.462 e. The largest absolute Gasteiger partial charge is 0.462 e. The van der Waals surface area contributed by atoms with E-state index in [0.29, 0.717) is 16.9 Å². The summed E-state index contributed by atoms with van der Waals surface area (Å²) in [5, 5.41) is 1.85. The third-order valence-electron chi connectivity index (χ3n) is 6.70. The van der Waals surface area contributed by atoms with E-state index in [9.17, 15) is 14.4 Å². The minimum atomic E-state index is -0.687. The molecule has 0 spiro atoms. The molecule has 0 N–H and O–H groups in total. The number of carbonyl (C=O) groups is 2. The third kappa shape index (κ3) is 4.45. The van der Waals surface area contributed by atoms with Crippen molar-refractivity contribution < 1.29 is 14.3 Å². The van der Waals surface area contributed by atoms with E-state index in [2.05, 4.69) is 4.99 Å². The molecule has 0 aliphatic heterocycles. The molecule has 6 rings (SSSR count). The van der Waals surface area contributed by atoms with E-state index in [1.54, 1.807) is 48.0 Å². The summed E-state index contributed by atoms with van der Waals surface area (Å²) in [6.45, 7) is 2.02. The number of benzene rings is 3. The maximum absolute atomic E-state index is 13.8. The zero-order valence-corrected chi connectivity index (χ0v) is 21.7. The number of pyridine rings is 2. The molecule has 196 valence electrons. The van der Waals surface area contributed by atoms with Gasteiger partial charge in [-0.3, -0.25) is 14.0 Å². The number of aromatic nitrogens is 3. The van der Waals surface area contributed by atoms with E-state index in [-0.39, 0.29) is 35.1 Å². The highest BCUT2D eigenvalue weighted by Gasteiger charge is 2.21. The Morgan fingerprint density at radius 2 is 1.60 bits per heavy atom. The molecule has 0 bridgehead atoms. The lowest BCUT2D eigenvalue weighted by Crippen LogP contribution is -2.33. The molecule has 1 amide bonds. The van der Waals surface area contributed by atoms with Crippen molar-refractivity contribution in [3.63, 3.8) is 0 Å². The summed E-state index contributed by atoms with van der Waals surface area (Å²) in [7, 11) is 0. The molecule has 3 heterocycles. The molecule has 8 nitrogen and oxygen atoms in total. The second-order valence-corrected chi connectivity index (χ2v) is 9.20. The van der Waals surface area contributed by atoms with Crippen LogP contribution in [0, 0.1) is 0 Å². The number of esters is 1. The van der Waals surface area contributed by atoms with Crippen LogP contribution in [0.4, 0.5) is 0 Å². The maximum atomic E-state index is 13.8. The van der Waals surface area contributed by atoms with Gasteiger partial charge in [0.15, 0.2) is 5.49 Å². The predicted molar refractivity (Wildman–Crippen MR) is 152 cm³/mol. The Balaban J connectivity index is 1.72. The predicted octanol–water partition coefficient (Wildman–Crippen LogP) is 4.77. The highest BCUT2D eigenvalue weighted by Crippen LogP contribution is 2.20. The number of nitrogens with zero attached hydrogens (tertiary/aromatic N) is 4. The molecule has 6 aromatic rings. The lowest BCUT2D eigenvalue weighted by atomic mass is 10.0. The van der Waals surface area contributed by atoms with E-state index in [1.165, 1.54) is 10.5 Å². The van der Waals surface area contributed by atoms with Gasteiger partial charge in [-0.2, -0.15) is 4.99 Å². The summed E-state index contributed by atoms with van der Waals surface area (Å²) >= 11 is 0. The normalized spacial score (nSPS) is 11.8. The number of carbonyl (C=O) groups excluding carboxylic acids is 2. The van der Waals surface area contributed by atoms with E-state index in [4.69, 9.17) is 9.72 Å². The Morgan fingerprint density at radius 1 is 0.850 bits per heavy atom. The molecule has 40 heavy (non-hydrogen) atoms. The topological polar surface area (TPSA) is 95.0 Å². The number of hydrogen-bond acceptors (Lipinski definition) is 5. The van der Waals surface area contributed by atoms with E-state index in [1.807, 2.05) is 60.7 Å². The molecule has 0 saturated heterocycles. The van der Waals surface area contributed by atoms with Gasteiger partial charge in [-0.05, 0) is 47.5 Å². The van der Waals surface area contributed by atoms with Gasteiger partial charge in [0, 0.05) is 11.8 Å². The van der Waals surface area contributed by atoms with Crippen molar-refractivity contribution in [3.8, 4) is 0 Å². The van der Waals surface area contributed by atoms with Crippen LogP contribution in [0.5, 0.6) is 0 Å². The molecule has 0 atom stereocenters. The van der Waals surface area contributed by atoms with Crippen molar-refractivity contribution in [3.05, 3.63) is 136 Å². The van der Waals surface area contributed by atoms with E-state index < -0.39 is 11.9 Å². The van der Waals surface area contributed by atoms with Crippen LogP contribution in [-0.2, 0) is 11.3 Å². The van der Waals surface area contributed by atoms with E-state index in [0.717, 1.165) is 16.3 Å². The van der Waals surface area contributed by atoms with Crippen molar-refractivity contribution in [1.82, 2.24) is 14.0 Å². The molecule has 3 aromatic carbocycles. The summed E-state index contributed by atoms with van der Waals surface area (Å²) in [5.74, 6) is -1.21. The van der Waals surface area contributed by atoms with Gasteiger partial charge in [-0.15, -0.1) is 0 Å². The average Bonchev–Trinajstić information content (AvgIpc) is 2.98. The van der Waals surface area contributed by atoms with Crippen LogP contribution in [-0.4, -0.2) is 32.4 Å². The summed E-state index contributed by atoms with van der Waals surface area (Å²) in [6, 6.07) is 29.2. The molecule has 8 heteroatoms. The van der Waals surface area contributed by atoms with Gasteiger partial charge < -0.3 is 9.30 Å². The van der Waals surface area contributed by atoms with Crippen LogP contribution in [0.1, 0.15) is 33.2 Å². The summed E-state index contributed by atoms with van der Waals surface area (Å²) in [4.78, 5) is 49.9. The third-order valence-corrected chi connectivity index (χ3v) is 6.70. The standard InChI is InChI=1S/C32H24N4O4/c1-2-40-32(39)26-19-25-28(33-27-17-8-9-18-35(27)31(25)38)36(20-21-11-4-3-5-12-21)29(26)34-30(37)24-16-10-14-22-13-6-7-15-23(22)24/h3-19H,2,20H2,1H3. The minimum absolute atomic E-state index is 0.00801. The van der Waals surface area contributed by atoms with Crippen molar-refractivity contribution in [1.29, 1.82) is 0 Å². The number of ether oxygens (including phenoxy) is 1. The Labute approximate surface area is 228 Å². The second kappa shape index (κ2) is 10.4. The first-order valence-electron chi connectivity index (χ1n) is 12.9. The van der Waals surface area contributed by atoms with Crippen molar-refractivity contribution in [2.24, 2.45) is 4.99 Å². The van der Waals surface area contributed by atoms with Crippen molar-refractivity contribution >= 4 is 39.3 Å². The Kier molecular flexibility index (Phi) is 6.49. The van der Waals surface area contributed by atoms with Crippen LogP contribution < -0.4 is 11.0 Å². The van der Waals surface area contributed by atoms with E-state index >= 15 is 0 Å². The zero-order chi connectivity index (χ0) is 27.6. The van der Waals surface area contributed by atoms with Crippen LogP contribution in [0.15, 0.2) is 113 Å². The second-order valence-electron chi connectivity index (χ2n) is 9.20. The fourth-order valence-electron chi connectivity index (χ4n) is 4.84. The first-order valence-corrected chi connectivity index (χ1v) is 12.9. The summed E-state index contributed by atoms with van der Waals surface area (Å²) in [5.41, 5.74) is 1.73. The molecule has 0 fully saturated rings. The molecular weight excluding hydrogens is 504 g/mol. The van der Waals surface area contributed by atoms with Gasteiger partial charge in [0.05, 0.1) is 18.5 Å². The molecule has 0 unspecified atom stereocenters. The van der Waals surface area contributed by atoms with Crippen LogP contribution >= 0.6 is 0 Å². The number of amides is 1. The summed E-state index contributed by atoms with van der Waals surface area (Å²) < 4.78 is 8.42. The van der Waals surface area contributed by atoms with Crippen LogP contribution in [0.2, 0.25) is 0 Å². The Morgan fingerprint density at radius 3 is 2.42 bits per heavy atom. The van der Waals surface area contributed by atoms with Gasteiger partial charge in [0.1, 0.15) is 16.9 Å². The van der Waals surface area contributed by atoms with Gasteiger partial charge in [0.25, 0.3) is 11.5 Å². The molecule has 0 saturated carbocycles. The van der Waals surface area contributed by atoms with Crippen LogP contribution in [0.25, 0.3) is 27.5 Å². The van der Waals surface area contributed by atoms with Crippen molar-refractivity contribution in [2.45, 2.75) is 13.5 Å². The first kappa shape index (κ1) is 24.9. The van der Waals surface area contributed by atoms with Crippen LogP contribution in [0.3, 0.4) is 0 Å². The average molecular weight is 529 g/mol. The van der Waals surface area contributed by atoms with Gasteiger partial charge in [-0.1, -0.05) is 72.8 Å². The quantitative estimate of drug-likeness (QED) is 0.237. The van der Waals surface area contributed by atoms with Gasteiger partial charge in [0.2, 0.25) is 0 Å². The Hall–Kier alpha value is -5.37. The first-order chi connectivity index (χ1) is 19.5. The van der Waals surface area contributed by atoms with Gasteiger partial charge >= 0.3 is 5.97 Å². The highest BCUT2D eigenvalue weighted by molar-refractivity contribution is 6.07. The fraction of sp³-hybridized carbons (Fsp3) is 0.0938. The number of fused-ring (bicyclic) bond motifs is 3. The monoisotopic (exact) mass is 528 g/mol. The molecule has 0 aliphatic carbocycles. The maximum Gasteiger partial charge on any atom is 0.341 e. The lowest BCUT2D eigenvalue weighted by Gasteiger charge is -2.15. The molecule has 0 radical (unpaired) electrons. The number of hydrogen-bond donors (Lipinski definition) is 0. The van der Waals surface area contributed by atoms with Crippen molar-refractivity contribution in [2.75, 3.05) is 6.61 Å². The highest BCUT2D eigenvalue weighted by atomic mass is 16.5. The lowest BCUT2D eigenvalue weighted by molar-refractivity contribution is 0.0523. The molecule has 3 aromatic heterocycles. The smallest absolute Gasteiger partial charge is 0.341 e. The molecule has 0 aliphatic rings. The fourth-order valence-corrected chi connectivity index (χ4v) is 4.84. The van der Waals surface area contributed by atoms with Gasteiger partial charge in [-0.25, -0.2) is 9.78 Å². The molecular formula is C32H24N4O4. The zero-order valence-electron chi connectivity index (χ0n) is 21.7. The Bertz CT molecular complexity index is 2050.